The maximum absolute atomic E-state index is 13.8. The number of epoxide rings is 1. The molecule has 2 amide bonds. The second-order valence-corrected chi connectivity index (χ2v) is 10.8. The fourth-order valence-electron chi connectivity index (χ4n) is 5.91. The predicted molar refractivity (Wildman–Crippen MR) is 137 cm³/mol. The van der Waals surface area contributed by atoms with Gasteiger partial charge in [0.1, 0.15) is 11.5 Å². The van der Waals surface area contributed by atoms with Gasteiger partial charge in [0.05, 0.1) is 17.2 Å². The summed E-state index contributed by atoms with van der Waals surface area (Å²) in [5.41, 5.74) is -1.64. The summed E-state index contributed by atoms with van der Waals surface area (Å²) in [6.07, 6.45) is 1.07. The molecule has 0 N–H and O–H groups in total. The first-order valence-corrected chi connectivity index (χ1v) is 13.8. The molecule has 0 radical (unpaired) electrons. The van der Waals surface area contributed by atoms with Crippen molar-refractivity contribution in [3.63, 3.8) is 0 Å². The van der Waals surface area contributed by atoms with Crippen molar-refractivity contribution >= 4 is 17.7 Å². The summed E-state index contributed by atoms with van der Waals surface area (Å²) in [5.74, 6) is -0.257. The first-order chi connectivity index (χ1) is 18.0. The molecule has 0 aromatic carbocycles. The number of carbonyl (C=O) groups is 1. The maximum Gasteiger partial charge on any atom is 0.417 e. The Hall–Kier alpha value is -2.33. The fourth-order valence-corrected chi connectivity index (χ4v) is 5.91. The van der Waals surface area contributed by atoms with Gasteiger partial charge in [0.25, 0.3) is 0 Å². The van der Waals surface area contributed by atoms with E-state index in [0.29, 0.717) is 56.9 Å². The zero-order chi connectivity index (χ0) is 27.8. The Kier molecular flexibility index (Phi) is 8.33. The molecule has 3 aliphatic rings. The summed E-state index contributed by atoms with van der Waals surface area (Å²) < 4.78 is 58.9. The van der Waals surface area contributed by atoms with Crippen LogP contribution < -0.4 is 16.3 Å². The van der Waals surface area contributed by atoms with Crippen LogP contribution in [-0.4, -0.2) is 60.0 Å². The minimum absolute atomic E-state index is 0.00174. The molecule has 5 atom stereocenters. The van der Waals surface area contributed by atoms with Gasteiger partial charge in [-0.3, -0.25) is 4.90 Å². The monoisotopic (exact) mass is 540 g/mol. The third-order valence-electron chi connectivity index (χ3n) is 8.35. The lowest BCUT2D eigenvalue weighted by Gasteiger charge is -2.43. The topological polar surface area (TPSA) is 75.5 Å². The Labute approximate surface area is 221 Å². The van der Waals surface area contributed by atoms with E-state index in [1.54, 1.807) is 15.9 Å². The Morgan fingerprint density at radius 1 is 1.13 bits per heavy atom. The van der Waals surface area contributed by atoms with Crippen LogP contribution in [0, 0.1) is 5.92 Å². The highest BCUT2D eigenvalue weighted by Crippen LogP contribution is 2.44. The van der Waals surface area contributed by atoms with Crippen molar-refractivity contribution in [3.8, 4) is 0 Å². The number of ether oxygens (including phenoxy) is 2. The second-order valence-electron chi connectivity index (χ2n) is 10.8. The van der Waals surface area contributed by atoms with E-state index in [2.05, 4.69) is 13.8 Å². The number of rotatable bonds is 11. The number of halogens is 3. The molecule has 2 fully saturated rings. The highest BCUT2D eigenvalue weighted by Gasteiger charge is 2.62. The van der Waals surface area contributed by atoms with E-state index in [-0.39, 0.29) is 40.5 Å². The summed E-state index contributed by atoms with van der Waals surface area (Å²) in [6, 6.07) is 0.504. The smallest absolute Gasteiger partial charge is 0.417 e. The van der Waals surface area contributed by atoms with E-state index >= 15 is 0 Å². The standard InChI is InChI=1S/C28H39F3N2O5/c1-6-11-17-15-19-20(28(29,30)31)16-21(34)37-23(19)18(12-7-2)22(17)36-14-10-9-13-33-25-24(38-25)27(4,8-3)32(5)26(33)35/h15-17,22,24-25H,6-14H2,1-5H3. The SMILES string of the molecule is CCCC1=c2oc(=O)cc(C(F)(F)F)c2=CC(CCC)C1OCCCCN1C(=O)N(C)C(C)(CC)C2OC21. The normalized spacial score (nSPS) is 28.7. The van der Waals surface area contributed by atoms with Gasteiger partial charge in [-0.1, -0.05) is 39.7 Å². The highest BCUT2D eigenvalue weighted by molar-refractivity contribution is 5.77. The number of amides is 2. The summed E-state index contributed by atoms with van der Waals surface area (Å²) in [5, 5.41) is -0.0513. The third-order valence-corrected chi connectivity index (χ3v) is 8.35. The Morgan fingerprint density at radius 3 is 2.50 bits per heavy atom. The lowest BCUT2D eigenvalue weighted by Crippen LogP contribution is -2.61. The fraction of sp³-hybridized carbons (Fsp3) is 0.714. The Bertz CT molecular complexity index is 1210. The zero-order valence-corrected chi connectivity index (χ0v) is 22.9. The van der Waals surface area contributed by atoms with Gasteiger partial charge in [0.2, 0.25) is 0 Å². The molecule has 0 bridgehead atoms. The van der Waals surface area contributed by atoms with Gasteiger partial charge in [-0.25, -0.2) is 9.59 Å². The molecule has 7 nitrogen and oxygen atoms in total. The van der Waals surface area contributed by atoms with Crippen LogP contribution in [0.25, 0.3) is 11.6 Å². The molecule has 0 saturated carbocycles. The predicted octanol–water partition coefficient (Wildman–Crippen LogP) is 4.25. The maximum atomic E-state index is 13.8. The Balaban J connectivity index is 1.48. The molecular weight excluding hydrogens is 501 g/mol. The molecule has 38 heavy (non-hydrogen) atoms. The average molecular weight is 541 g/mol. The van der Waals surface area contributed by atoms with E-state index in [4.69, 9.17) is 13.9 Å². The lowest BCUT2D eigenvalue weighted by molar-refractivity contribution is -0.138. The van der Waals surface area contributed by atoms with Crippen LogP contribution in [0.3, 0.4) is 0 Å². The van der Waals surface area contributed by atoms with Gasteiger partial charge in [0.15, 0.2) is 6.23 Å². The van der Waals surface area contributed by atoms with Crippen LogP contribution in [0.4, 0.5) is 18.0 Å². The first kappa shape index (κ1) is 28.7. The van der Waals surface area contributed by atoms with Gasteiger partial charge in [0, 0.05) is 43.0 Å². The first-order valence-electron chi connectivity index (χ1n) is 13.8. The molecule has 10 heteroatoms. The molecule has 0 spiro atoms. The summed E-state index contributed by atoms with van der Waals surface area (Å²) in [4.78, 5) is 28.6. The van der Waals surface area contributed by atoms with Crippen LogP contribution >= 0.6 is 0 Å². The van der Waals surface area contributed by atoms with Crippen molar-refractivity contribution in [1.82, 2.24) is 9.80 Å². The van der Waals surface area contributed by atoms with E-state index in [0.717, 1.165) is 12.8 Å². The molecular formula is C28H39F3N2O5. The molecule has 5 unspecified atom stereocenters. The second kappa shape index (κ2) is 11.0. The molecule has 1 aromatic rings. The summed E-state index contributed by atoms with van der Waals surface area (Å²) in [6.45, 7) is 8.95. The minimum Gasteiger partial charge on any atom is -0.423 e. The lowest BCUT2D eigenvalue weighted by atomic mass is 9.84. The number of unbranched alkanes of at least 4 members (excludes halogenated alkanes) is 1. The zero-order valence-electron chi connectivity index (χ0n) is 22.9. The third kappa shape index (κ3) is 5.26. The number of nitrogens with zero attached hydrogens (tertiary/aromatic N) is 2. The number of fused-ring (bicyclic) bond motifs is 2. The van der Waals surface area contributed by atoms with Crippen LogP contribution in [0.1, 0.15) is 78.2 Å². The molecule has 212 valence electrons. The number of likely N-dealkylation sites (N-methyl/N-ethyl adjacent to an activating group) is 1. The quantitative estimate of drug-likeness (QED) is 0.310. The van der Waals surface area contributed by atoms with Gasteiger partial charge in [-0.05, 0) is 39.0 Å². The van der Waals surface area contributed by atoms with Crippen LogP contribution in [0.15, 0.2) is 15.3 Å². The van der Waals surface area contributed by atoms with Crippen molar-refractivity contribution in [1.29, 1.82) is 0 Å². The average Bonchev–Trinajstić information content (AvgIpc) is 3.66. The largest absolute Gasteiger partial charge is 0.423 e. The van der Waals surface area contributed by atoms with Crippen molar-refractivity contribution in [2.24, 2.45) is 5.92 Å². The number of carbonyl (C=O) groups excluding carboxylic acids is 1. The van der Waals surface area contributed by atoms with E-state index in [1.807, 2.05) is 20.9 Å². The van der Waals surface area contributed by atoms with Gasteiger partial charge in [-0.2, -0.15) is 13.2 Å². The number of urea groups is 1. The number of hydrogen-bond donors (Lipinski definition) is 0. The number of hydrogen-bond acceptors (Lipinski definition) is 5. The summed E-state index contributed by atoms with van der Waals surface area (Å²) >= 11 is 0. The molecule has 3 heterocycles. The van der Waals surface area contributed by atoms with E-state index in [1.165, 1.54) is 0 Å². The van der Waals surface area contributed by atoms with Crippen LogP contribution in [-0.2, 0) is 15.7 Å². The van der Waals surface area contributed by atoms with Crippen molar-refractivity contribution in [3.05, 3.63) is 32.7 Å². The van der Waals surface area contributed by atoms with Crippen molar-refractivity contribution in [2.45, 2.75) is 103 Å². The van der Waals surface area contributed by atoms with Crippen LogP contribution in [0.2, 0.25) is 0 Å². The van der Waals surface area contributed by atoms with Gasteiger partial charge >= 0.3 is 17.8 Å². The highest BCUT2D eigenvalue weighted by atomic mass is 19.4. The minimum atomic E-state index is -4.66. The molecule has 1 aromatic heterocycles. The van der Waals surface area contributed by atoms with Crippen molar-refractivity contribution in [2.75, 3.05) is 20.2 Å². The van der Waals surface area contributed by atoms with E-state index < -0.39 is 23.5 Å². The van der Waals surface area contributed by atoms with Crippen molar-refractivity contribution < 1.29 is 31.9 Å². The molecule has 2 saturated heterocycles. The molecule has 2 aliphatic heterocycles. The van der Waals surface area contributed by atoms with E-state index in [9.17, 15) is 22.8 Å². The van der Waals surface area contributed by atoms with Gasteiger partial charge in [-0.15, -0.1) is 0 Å². The van der Waals surface area contributed by atoms with Gasteiger partial charge < -0.3 is 18.8 Å². The summed E-state index contributed by atoms with van der Waals surface area (Å²) in [7, 11) is 1.82. The molecule has 1 aliphatic carbocycles. The number of alkyl halides is 3. The van der Waals surface area contributed by atoms with Crippen LogP contribution in [0.5, 0.6) is 0 Å². The molecule has 4 rings (SSSR count). The Morgan fingerprint density at radius 2 is 1.87 bits per heavy atom.